The Balaban J connectivity index is 0.00000405. The number of methoxy groups -OCH3 is 1. The van der Waals surface area contributed by atoms with Gasteiger partial charge in [0.1, 0.15) is 11.9 Å². The number of piperidine rings is 1. The lowest BCUT2D eigenvalue weighted by atomic mass is 10.0. The maximum Gasteiger partial charge on any atom is 0.416 e. The summed E-state index contributed by atoms with van der Waals surface area (Å²) in [5, 5.41) is 10.5. The van der Waals surface area contributed by atoms with Gasteiger partial charge in [0.05, 0.1) is 17.8 Å². The number of alkyl halides is 4. The second-order valence-corrected chi connectivity index (χ2v) is 9.82. The Morgan fingerprint density at radius 1 is 1.02 bits per heavy atom. The molecule has 1 aliphatic heterocycles. The third-order valence-electron chi connectivity index (χ3n) is 6.87. The van der Waals surface area contributed by atoms with E-state index >= 15 is 0 Å². The molecule has 0 spiro atoms. The lowest BCUT2D eigenvalue weighted by molar-refractivity contribution is -0.207. The monoisotopic (exact) mass is 606 g/mol. The fourth-order valence-electron chi connectivity index (χ4n) is 4.79. The standard InChI is InChI=1S/C29H30F4N6O2.ClH/c1-17-8-9-20-21(5-3-7-23(20)37-16-25(40-2)29(31,32)33)26(17)41-27-22(6-4-11-35-27)24-10-12-36-28(39-24)38-19-13-18(30)14-34-15-19;/h3-12,18-19,25,34,37H,13-16H2,1-2H3,(H,36,38,39);1H/t18-,19-,25-;/m0./s1. The van der Waals surface area contributed by atoms with Gasteiger partial charge in [-0.25, -0.2) is 19.3 Å². The van der Waals surface area contributed by atoms with E-state index < -0.39 is 25.0 Å². The van der Waals surface area contributed by atoms with Crippen LogP contribution in [0.2, 0.25) is 0 Å². The van der Waals surface area contributed by atoms with Gasteiger partial charge in [0, 0.05) is 61.5 Å². The molecule has 1 saturated heterocycles. The van der Waals surface area contributed by atoms with Crippen molar-refractivity contribution in [3.05, 3.63) is 66.5 Å². The summed E-state index contributed by atoms with van der Waals surface area (Å²) in [6, 6.07) is 14.1. The molecule has 1 fully saturated rings. The third kappa shape index (κ3) is 7.18. The van der Waals surface area contributed by atoms with Crippen LogP contribution >= 0.6 is 12.4 Å². The lowest BCUT2D eigenvalue weighted by Gasteiger charge is -2.26. The average Bonchev–Trinajstić information content (AvgIpc) is 2.94. The summed E-state index contributed by atoms with van der Waals surface area (Å²) < 4.78 is 64.5. The van der Waals surface area contributed by atoms with Crippen molar-refractivity contribution in [2.45, 2.75) is 37.8 Å². The van der Waals surface area contributed by atoms with Crippen LogP contribution in [0.1, 0.15) is 12.0 Å². The zero-order chi connectivity index (χ0) is 29.0. The number of nitrogens with one attached hydrogen (secondary N) is 3. The number of hydrogen-bond donors (Lipinski definition) is 3. The summed E-state index contributed by atoms with van der Waals surface area (Å²) >= 11 is 0. The van der Waals surface area contributed by atoms with Crippen LogP contribution in [0.3, 0.4) is 0 Å². The Bertz CT molecular complexity index is 1510. The first-order valence-corrected chi connectivity index (χ1v) is 13.2. The summed E-state index contributed by atoms with van der Waals surface area (Å²) in [6.07, 6.45) is -3.81. The van der Waals surface area contributed by atoms with Gasteiger partial charge in [-0.05, 0) is 36.8 Å². The van der Waals surface area contributed by atoms with Crippen LogP contribution < -0.4 is 20.7 Å². The van der Waals surface area contributed by atoms with E-state index in [1.165, 1.54) is 0 Å². The number of nitrogens with zero attached hydrogens (tertiary/aromatic N) is 3. The number of halogens is 5. The van der Waals surface area contributed by atoms with E-state index in [1.807, 2.05) is 31.2 Å². The number of aryl methyl sites for hydroxylation is 1. The minimum atomic E-state index is -4.49. The molecule has 0 saturated carbocycles. The first-order chi connectivity index (χ1) is 19.7. The quantitative estimate of drug-likeness (QED) is 0.191. The van der Waals surface area contributed by atoms with Gasteiger partial charge in [-0.15, -0.1) is 12.4 Å². The van der Waals surface area contributed by atoms with Crippen LogP contribution in [0.25, 0.3) is 22.0 Å². The number of pyridine rings is 1. The Morgan fingerprint density at radius 2 is 1.86 bits per heavy atom. The van der Waals surface area contributed by atoms with Crippen molar-refractivity contribution in [1.29, 1.82) is 0 Å². The normalized spacial score (nSPS) is 17.8. The van der Waals surface area contributed by atoms with Crippen molar-refractivity contribution in [3.8, 4) is 22.9 Å². The van der Waals surface area contributed by atoms with Crippen LogP contribution in [-0.4, -0.2) is 66.2 Å². The van der Waals surface area contributed by atoms with E-state index in [0.29, 0.717) is 64.8 Å². The second-order valence-electron chi connectivity index (χ2n) is 9.82. The van der Waals surface area contributed by atoms with Gasteiger partial charge in [-0.1, -0.05) is 24.3 Å². The van der Waals surface area contributed by atoms with Crippen LogP contribution in [0, 0.1) is 6.92 Å². The van der Waals surface area contributed by atoms with E-state index in [-0.39, 0.29) is 18.4 Å². The van der Waals surface area contributed by atoms with Crippen molar-refractivity contribution in [2.24, 2.45) is 0 Å². The van der Waals surface area contributed by atoms with Gasteiger partial charge in [-0.3, -0.25) is 0 Å². The molecule has 3 atom stereocenters. The number of aromatic nitrogens is 3. The third-order valence-corrected chi connectivity index (χ3v) is 6.87. The topological polar surface area (TPSA) is 93.2 Å². The van der Waals surface area contributed by atoms with E-state index in [9.17, 15) is 17.6 Å². The van der Waals surface area contributed by atoms with Crippen molar-refractivity contribution in [1.82, 2.24) is 20.3 Å². The Labute approximate surface area is 246 Å². The molecule has 8 nitrogen and oxygen atoms in total. The number of benzene rings is 2. The highest BCUT2D eigenvalue weighted by Gasteiger charge is 2.39. The molecular formula is C29H31ClF4N6O2. The van der Waals surface area contributed by atoms with Gasteiger partial charge in [0.25, 0.3) is 0 Å². The second kappa shape index (κ2) is 13.5. The van der Waals surface area contributed by atoms with Crippen LogP contribution in [0.15, 0.2) is 60.9 Å². The minimum Gasteiger partial charge on any atom is -0.437 e. The molecule has 0 radical (unpaired) electrons. The molecule has 42 heavy (non-hydrogen) atoms. The minimum absolute atomic E-state index is 0. The van der Waals surface area contributed by atoms with Crippen LogP contribution in [0.5, 0.6) is 11.6 Å². The molecule has 1 aliphatic rings. The van der Waals surface area contributed by atoms with Crippen LogP contribution in [-0.2, 0) is 4.74 Å². The lowest BCUT2D eigenvalue weighted by Crippen LogP contribution is -2.44. The predicted molar refractivity (Wildman–Crippen MR) is 156 cm³/mol. The Hall–Kier alpha value is -3.74. The molecule has 0 aliphatic carbocycles. The first-order valence-electron chi connectivity index (χ1n) is 13.2. The largest absolute Gasteiger partial charge is 0.437 e. The van der Waals surface area contributed by atoms with E-state index in [4.69, 9.17) is 4.74 Å². The molecular weight excluding hydrogens is 576 g/mol. The smallest absolute Gasteiger partial charge is 0.416 e. The van der Waals surface area contributed by atoms with E-state index in [2.05, 4.69) is 35.6 Å². The highest BCUT2D eigenvalue weighted by molar-refractivity contribution is 5.98. The molecule has 0 bridgehead atoms. The molecule has 224 valence electrons. The first kappa shape index (κ1) is 31.2. The summed E-state index contributed by atoms with van der Waals surface area (Å²) in [4.78, 5) is 13.4. The number of fused-ring (bicyclic) bond motifs is 1. The molecule has 5 rings (SSSR count). The summed E-state index contributed by atoms with van der Waals surface area (Å²) in [5.74, 6) is 1.18. The number of anilines is 2. The molecule has 2 aromatic carbocycles. The maximum atomic E-state index is 13.8. The number of ether oxygens (including phenoxy) is 2. The van der Waals surface area contributed by atoms with Crippen molar-refractivity contribution < 1.29 is 27.0 Å². The summed E-state index contributed by atoms with van der Waals surface area (Å²) in [5.41, 5.74) is 2.50. The molecule has 4 aromatic rings. The fraction of sp³-hybridized carbons (Fsp3) is 0.345. The average molecular weight is 607 g/mol. The van der Waals surface area contributed by atoms with Crippen molar-refractivity contribution in [2.75, 3.05) is 37.4 Å². The molecule has 2 aromatic heterocycles. The van der Waals surface area contributed by atoms with Gasteiger partial charge in [-0.2, -0.15) is 13.2 Å². The molecule has 3 N–H and O–H groups in total. The van der Waals surface area contributed by atoms with E-state index in [0.717, 1.165) is 12.7 Å². The van der Waals surface area contributed by atoms with Gasteiger partial charge < -0.3 is 25.4 Å². The zero-order valence-electron chi connectivity index (χ0n) is 22.9. The molecule has 3 heterocycles. The molecule has 0 unspecified atom stereocenters. The Morgan fingerprint density at radius 3 is 2.62 bits per heavy atom. The molecule has 13 heteroatoms. The zero-order valence-corrected chi connectivity index (χ0v) is 23.7. The SMILES string of the molecule is CO[C@@H](CNc1cccc2c(Oc3ncccc3-c3ccnc(N[C@@H]4CNC[C@@H](F)C4)n3)c(C)ccc12)C(F)(F)F.Cl. The molecule has 0 amide bonds. The number of rotatable bonds is 9. The maximum absolute atomic E-state index is 13.8. The summed E-state index contributed by atoms with van der Waals surface area (Å²) in [7, 11) is 1.03. The van der Waals surface area contributed by atoms with Crippen molar-refractivity contribution >= 4 is 34.8 Å². The Kier molecular flexibility index (Phi) is 10.0. The van der Waals surface area contributed by atoms with Crippen LogP contribution in [0.4, 0.5) is 29.2 Å². The van der Waals surface area contributed by atoms with Gasteiger partial charge >= 0.3 is 6.18 Å². The highest BCUT2D eigenvalue weighted by Crippen LogP contribution is 2.38. The number of hydrogen-bond acceptors (Lipinski definition) is 8. The predicted octanol–water partition coefficient (Wildman–Crippen LogP) is 6.32. The fourth-order valence-corrected chi connectivity index (χ4v) is 4.79. The highest BCUT2D eigenvalue weighted by atomic mass is 35.5. The van der Waals surface area contributed by atoms with Crippen molar-refractivity contribution in [3.63, 3.8) is 0 Å². The van der Waals surface area contributed by atoms with Gasteiger partial charge in [0.15, 0.2) is 6.10 Å². The summed E-state index contributed by atoms with van der Waals surface area (Å²) in [6.45, 7) is 2.38. The van der Waals surface area contributed by atoms with E-state index in [1.54, 1.807) is 36.7 Å². The van der Waals surface area contributed by atoms with Gasteiger partial charge in [0.2, 0.25) is 11.8 Å².